The number of nitrogens with one attached hydrogen (secondary N) is 3. The molecule has 3 N–H and O–H groups in total. The van der Waals surface area contributed by atoms with Crippen LogP contribution in [-0.2, 0) is 14.4 Å². The summed E-state index contributed by atoms with van der Waals surface area (Å²) in [4.78, 5) is 83.1. The predicted molar refractivity (Wildman–Crippen MR) is 260 cm³/mol. The van der Waals surface area contributed by atoms with Crippen LogP contribution in [0.5, 0.6) is 0 Å². The number of aromatic amines is 3. The number of likely N-dealkylation sites (N-methyl/N-ethyl adjacent to an activating group) is 3. The molecule has 0 radical (unpaired) electrons. The van der Waals surface area contributed by atoms with E-state index in [-0.39, 0.29) is 55.1 Å². The minimum absolute atomic E-state index is 0.0552. The van der Waals surface area contributed by atoms with Gasteiger partial charge in [0.1, 0.15) is 72.6 Å². The molecule has 6 atom stereocenters. The number of amides is 3. The Morgan fingerprint density at radius 1 is 0.522 bits per heavy atom. The van der Waals surface area contributed by atoms with E-state index in [2.05, 4.69) is 80.3 Å². The van der Waals surface area contributed by atoms with Crippen LogP contribution in [0.3, 0.4) is 0 Å². The van der Waals surface area contributed by atoms with Gasteiger partial charge in [-0.05, 0) is 55.2 Å². The summed E-state index contributed by atoms with van der Waals surface area (Å²) in [6.07, 6.45) is 12.8. The van der Waals surface area contributed by atoms with Crippen molar-refractivity contribution in [2.45, 2.75) is 77.4 Å². The Morgan fingerprint density at radius 2 is 0.797 bits per heavy atom. The fourth-order valence-corrected chi connectivity index (χ4v) is 9.77. The molecule has 0 saturated carbocycles. The molecule has 9 heterocycles. The second-order valence-electron chi connectivity index (χ2n) is 18.2. The van der Waals surface area contributed by atoms with Gasteiger partial charge in [-0.1, -0.05) is 20.8 Å². The van der Waals surface area contributed by atoms with Gasteiger partial charge in [0.25, 0.3) is 0 Å². The number of hydrogen-bond donors (Lipinski definition) is 3. The average molecular weight is 937 g/mol. The lowest BCUT2D eigenvalue weighted by Crippen LogP contribution is -2.52. The van der Waals surface area contributed by atoms with Gasteiger partial charge < -0.3 is 44.4 Å². The van der Waals surface area contributed by atoms with Crippen molar-refractivity contribution in [2.24, 2.45) is 17.8 Å². The van der Waals surface area contributed by atoms with Crippen LogP contribution >= 0.6 is 0 Å². The second-order valence-corrected chi connectivity index (χ2v) is 18.2. The van der Waals surface area contributed by atoms with E-state index in [9.17, 15) is 14.4 Å². The highest BCUT2D eigenvalue weighted by Crippen LogP contribution is 2.32. The van der Waals surface area contributed by atoms with E-state index in [1.54, 1.807) is 33.7 Å². The van der Waals surface area contributed by atoms with Crippen molar-refractivity contribution in [3.63, 3.8) is 0 Å². The maximum Gasteiger partial charge on any atom is 0.236 e. The summed E-state index contributed by atoms with van der Waals surface area (Å²) in [5.41, 5.74) is 2.42. The number of aromatic nitrogens is 9. The van der Waals surface area contributed by atoms with Gasteiger partial charge in [-0.3, -0.25) is 14.4 Å². The summed E-state index contributed by atoms with van der Waals surface area (Å²) in [5, 5.41) is 29.1. The number of hydrogen-bond acceptors (Lipinski definition) is 15. The zero-order valence-corrected chi connectivity index (χ0v) is 40.1. The lowest BCUT2D eigenvalue weighted by molar-refractivity contribution is -0.132. The van der Waals surface area contributed by atoms with E-state index in [1.807, 2.05) is 76.1 Å². The number of H-pyrrole nitrogens is 3. The molecular weight excluding hydrogens is 877 g/mol. The molecule has 6 aromatic rings. The number of rotatable bonds is 9. The van der Waals surface area contributed by atoms with Crippen molar-refractivity contribution in [3.8, 4) is 18.2 Å². The minimum atomic E-state index is -0.0905. The Bertz CT molecular complexity index is 2550. The second kappa shape index (κ2) is 22.3. The van der Waals surface area contributed by atoms with Gasteiger partial charge >= 0.3 is 0 Å². The first-order chi connectivity index (χ1) is 33.3. The summed E-state index contributed by atoms with van der Waals surface area (Å²) in [6.45, 7) is 10.6. The van der Waals surface area contributed by atoms with Crippen LogP contribution in [0.1, 0.15) is 59.3 Å². The van der Waals surface area contributed by atoms with Crippen LogP contribution in [0.15, 0.2) is 55.8 Å². The zero-order valence-electron chi connectivity index (χ0n) is 40.1. The van der Waals surface area contributed by atoms with Crippen molar-refractivity contribution in [1.82, 2.24) is 59.6 Å². The predicted octanol–water partition coefficient (Wildman–Crippen LogP) is 4.63. The first-order valence-corrected chi connectivity index (χ1v) is 23.3. The van der Waals surface area contributed by atoms with Gasteiger partial charge in [0.15, 0.2) is 0 Å². The summed E-state index contributed by atoms with van der Waals surface area (Å²) >= 11 is 0. The lowest BCUT2D eigenvalue weighted by Gasteiger charge is -2.42. The van der Waals surface area contributed by atoms with Crippen molar-refractivity contribution in [1.29, 1.82) is 15.8 Å². The third kappa shape index (κ3) is 11.0. The summed E-state index contributed by atoms with van der Waals surface area (Å²) in [6, 6.07) is 12.2. The van der Waals surface area contributed by atoms with Gasteiger partial charge in [0.2, 0.25) is 17.7 Å². The van der Waals surface area contributed by atoms with Crippen molar-refractivity contribution < 1.29 is 14.4 Å². The summed E-state index contributed by atoms with van der Waals surface area (Å²) < 4.78 is 0. The van der Waals surface area contributed by atoms with Crippen LogP contribution < -0.4 is 14.7 Å². The highest BCUT2D eigenvalue weighted by atomic mass is 16.2. The number of carbonyl (C=O) groups is 3. The van der Waals surface area contributed by atoms with Crippen LogP contribution in [0.2, 0.25) is 0 Å². The van der Waals surface area contributed by atoms with E-state index in [0.29, 0.717) is 37.4 Å². The normalized spacial score (nSPS) is 21.2. The molecule has 3 aliphatic heterocycles. The molecule has 21 heteroatoms. The molecule has 9 rings (SSSR count). The Morgan fingerprint density at radius 3 is 1.06 bits per heavy atom. The number of carbonyl (C=O) groups excluding carboxylic acids is 3. The third-order valence-corrected chi connectivity index (χ3v) is 14.0. The maximum absolute atomic E-state index is 12.0. The van der Waals surface area contributed by atoms with Gasteiger partial charge in [-0.15, -0.1) is 0 Å². The zero-order chi connectivity index (χ0) is 49.2. The van der Waals surface area contributed by atoms with Gasteiger partial charge in [0, 0.05) is 79.0 Å². The van der Waals surface area contributed by atoms with E-state index in [1.165, 1.54) is 0 Å². The van der Waals surface area contributed by atoms with E-state index >= 15 is 0 Å². The van der Waals surface area contributed by atoms with Crippen LogP contribution in [0, 0.1) is 51.7 Å². The highest BCUT2D eigenvalue weighted by molar-refractivity contribution is 5.89. The summed E-state index contributed by atoms with van der Waals surface area (Å²) in [7, 11) is 6.02. The number of fused-ring (bicyclic) bond motifs is 3. The van der Waals surface area contributed by atoms with Gasteiger partial charge in [-0.2, -0.15) is 15.8 Å². The Kier molecular flexibility index (Phi) is 15.8. The van der Waals surface area contributed by atoms with Crippen molar-refractivity contribution in [2.75, 3.05) is 75.1 Å². The van der Waals surface area contributed by atoms with Crippen LogP contribution in [0.4, 0.5) is 17.5 Å². The minimum Gasteiger partial charge on any atom is -0.354 e. The van der Waals surface area contributed by atoms with E-state index in [4.69, 9.17) is 15.8 Å². The molecule has 360 valence electrons. The maximum atomic E-state index is 12.0. The topological polar surface area (TPSA) is 267 Å². The van der Waals surface area contributed by atoms with E-state index in [0.717, 1.165) is 89.5 Å². The number of nitrogens with zero attached hydrogens (tertiary/aromatic N) is 15. The quantitative estimate of drug-likeness (QED) is 0.178. The fourth-order valence-electron chi connectivity index (χ4n) is 9.77. The monoisotopic (exact) mass is 937 g/mol. The standard InChI is InChI=1S/3C16H20N6O/c3*1-11-5-8-22(14(23)3-6-17)9-13(11)21(2)16-12-4-7-18-15(12)19-10-20-16/h3*4,7,10-11,13H,3,5,8-9H2,1-2H3,(H,18,19,20)/t3*11-,13+/m111/s1. The molecule has 3 amide bonds. The molecule has 0 bridgehead atoms. The van der Waals surface area contributed by atoms with Crippen LogP contribution in [-0.4, -0.2) is 156 Å². The average Bonchev–Trinajstić information content (AvgIpc) is 4.16. The molecule has 0 aromatic carbocycles. The summed E-state index contributed by atoms with van der Waals surface area (Å²) in [5.74, 6) is 3.64. The molecule has 0 aliphatic carbocycles. The molecule has 0 unspecified atom stereocenters. The smallest absolute Gasteiger partial charge is 0.236 e. The fraction of sp³-hybridized carbons (Fsp3) is 0.500. The third-order valence-electron chi connectivity index (χ3n) is 14.0. The number of anilines is 3. The molecule has 69 heavy (non-hydrogen) atoms. The lowest BCUT2D eigenvalue weighted by atomic mass is 9.92. The highest BCUT2D eigenvalue weighted by Gasteiger charge is 2.35. The molecule has 3 fully saturated rings. The molecule has 3 saturated heterocycles. The molecule has 21 nitrogen and oxygen atoms in total. The number of nitriles is 3. The number of piperidine rings is 3. The molecule has 0 spiro atoms. The first-order valence-electron chi connectivity index (χ1n) is 23.3. The SMILES string of the molecule is C[C@@H]1CCN(C(=O)CC#N)C[C@@H]1N(C)c1ncnc2[nH]ccc12.C[C@@H]1CCN(C(=O)CC#N)C[C@@H]1N(C)c1ncnc2[nH]ccc12.C[C@@H]1CCN(C(=O)CC#N)C[C@@H]1N(C)c1ncnc2[nH]ccc12. The Balaban J connectivity index is 0.000000153. The van der Waals surface area contributed by atoms with Gasteiger partial charge in [0.05, 0.1) is 52.5 Å². The largest absolute Gasteiger partial charge is 0.354 e. The Labute approximate surface area is 401 Å². The first kappa shape index (κ1) is 49.1. The number of likely N-dealkylation sites (tertiary alicyclic amines) is 3. The van der Waals surface area contributed by atoms with Crippen molar-refractivity contribution >= 4 is 68.3 Å². The Hall–Kier alpha value is -7.86. The molecule has 3 aliphatic rings. The van der Waals surface area contributed by atoms with E-state index < -0.39 is 0 Å². The molecule has 6 aromatic heterocycles. The van der Waals surface area contributed by atoms with Crippen LogP contribution in [0.25, 0.3) is 33.1 Å². The molecular formula is C48H60N18O3. The van der Waals surface area contributed by atoms with Crippen molar-refractivity contribution in [3.05, 3.63) is 55.8 Å². The van der Waals surface area contributed by atoms with Gasteiger partial charge in [-0.25, -0.2) is 29.9 Å².